The minimum Gasteiger partial charge on any atom is -0.488 e. The van der Waals surface area contributed by atoms with Crippen LogP contribution in [0.5, 0.6) is 5.75 Å². The molecule has 2 aliphatic heterocycles. The van der Waals surface area contributed by atoms with Crippen molar-refractivity contribution >= 4 is 45.0 Å². The van der Waals surface area contributed by atoms with Crippen LogP contribution in [0.25, 0.3) is 21.3 Å². The number of fused-ring (bicyclic) bond motifs is 1. The lowest BCUT2D eigenvalue weighted by Crippen LogP contribution is -2.31. The van der Waals surface area contributed by atoms with Gasteiger partial charge in [0, 0.05) is 58.6 Å². The molecule has 0 radical (unpaired) electrons. The summed E-state index contributed by atoms with van der Waals surface area (Å²) < 4.78 is 7.53. The van der Waals surface area contributed by atoms with E-state index in [2.05, 4.69) is 24.1 Å². The molecule has 3 aromatic rings. The average molecular weight is 484 g/mol. The molecule has 0 aliphatic carbocycles. The lowest BCUT2D eigenvalue weighted by atomic mass is 10.0. The van der Waals surface area contributed by atoms with Crippen molar-refractivity contribution in [2.24, 2.45) is 0 Å². The quantitative estimate of drug-likeness (QED) is 0.511. The number of benzene rings is 1. The first kappa shape index (κ1) is 22.3. The number of rotatable bonds is 5. The van der Waals surface area contributed by atoms with Gasteiger partial charge in [-0.3, -0.25) is 19.5 Å². The van der Waals surface area contributed by atoms with Crippen LogP contribution in [-0.2, 0) is 16.1 Å². The number of thiophene rings is 1. The van der Waals surface area contributed by atoms with E-state index in [-0.39, 0.29) is 23.5 Å². The van der Waals surface area contributed by atoms with Crippen molar-refractivity contribution in [3.05, 3.63) is 45.9 Å². The minimum absolute atomic E-state index is 0.0438. The summed E-state index contributed by atoms with van der Waals surface area (Å²) in [4.78, 5) is 31.0. The number of nitrogens with one attached hydrogen (secondary N) is 1. The van der Waals surface area contributed by atoms with Crippen LogP contribution in [0.3, 0.4) is 0 Å². The van der Waals surface area contributed by atoms with E-state index >= 15 is 0 Å². The molecule has 2 amide bonds. The maximum atomic E-state index is 12.1. The summed E-state index contributed by atoms with van der Waals surface area (Å²) in [6.45, 7) is 7.46. The highest BCUT2D eigenvalue weighted by molar-refractivity contribution is 7.19. The molecule has 5 rings (SSSR count). The number of aromatic nitrogens is 1. The Morgan fingerprint density at radius 2 is 1.97 bits per heavy atom. The van der Waals surface area contributed by atoms with Crippen LogP contribution in [0.1, 0.15) is 43.6 Å². The molecule has 6 nitrogen and oxygen atoms in total. The SMILES string of the molecule is Cc1cc(Cl)cc(-c2ccnc3cc(CN4C(=O)CCC4=O)sc23)c1OC1CNC(C)(C)C1. The maximum absolute atomic E-state index is 12.1. The molecular formula is C25H26ClN3O3S. The van der Waals surface area contributed by atoms with E-state index in [1.165, 1.54) is 4.90 Å². The van der Waals surface area contributed by atoms with Gasteiger partial charge in [0.2, 0.25) is 11.8 Å². The van der Waals surface area contributed by atoms with E-state index in [4.69, 9.17) is 16.3 Å². The van der Waals surface area contributed by atoms with Crippen LogP contribution in [0.4, 0.5) is 0 Å². The molecule has 0 bridgehead atoms. The standard InChI is InChI=1S/C25H26ClN3O3S/c1-14-8-15(26)9-19(23(14)32-16-11-25(2,3)28-12-16)18-6-7-27-20-10-17(33-24(18)20)13-29-21(30)4-5-22(29)31/h6-10,16,28H,4-5,11-13H2,1-3H3. The van der Waals surface area contributed by atoms with Crippen LogP contribution < -0.4 is 10.1 Å². The van der Waals surface area contributed by atoms with Crippen molar-refractivity contribution in [3.63, 3.8) is 0 Å². The number of aryl methyl sites for hydroxylation is 1. The third kappa shape index (κ3) is 4.37. The van der Waals surface area contributed by atoms with Crippen molar-refractivity contribution in [1.82, 2.24) is 15.2 Å². The van der Waals surface area contributed by atoms with E-state index in [0.29, 0.717) is 24.4 Å². The van der Waals surface area contributed by atoms with Crippen LogP contribution in [0.2, 0.25) is 5.02 Å². The molecule has 1 N–H and O–H groups in total. The molecule has 33 heavy (non-hydrogen) atoms. The number of imide groups is 1. The smallest absolute Gasteiger partial charge is 0.230 e. The van der Waals surface area contributed by atoms with Crippen LogP contribution >= 0.6 is 22.9 Å². The Hall–Kier alpha value is -2.48. The second kappa shape index (κ2) is 8.38. The summed E-state index contributed by atoms with van der Waals surface area (Å²) in [5, 5.41) is 4.16. The Bertz CT molecular complexity index is 1250. The first-order valence-electron chi connectivity index (χ1n) is 11.1. The molecule has 0 saturated carbocycles. The fraction of sp³-hybridized carbons (Fsp3) is 0.400. The van der Waals surface area contributed by atoms with E-state index < -0.39 is 0 Å². The summed E-state index contributed by atoms with van der Waals surface area (Å²) in [5.41, 5.74) is 3.78. The number of pyridine rings is 1. The van der Waals surface area contributed by atoms with Crippen molar-refractivity contribution in [2.45, 2.75) is 58.2 Å². The number of halogens is 1. The average Bonchev–Trinajstić information content (AvgIpc) is 3.42. The van der Waals surface area contributed by atoms with E-state index in [0.717, 1.165) is 50.5 Å². The summed E-state index contributed by atoms with van der Waals surface area (Å²) in [6, 6.07) is 7.81. The topological polar surface area (TPSA) is 71.5 Å². The van der Waals surface area contributed by atoms with Crippen molar-refractivity contribution in [2.75, 3.05) is 6.54 Å². The number of ether oxygens (including phenoxy) is 1. The van der Waals surface area contributed by atoms with Crippen molar-refractivity contribution < 1.29 is 14.3 Å². The number of carbonyl (C=O) groups excluding carboxylic acids is 2. The van der Waals surface area contributed by atoms with Gasteiger partial charge in [-0.15, -0.1) is 11.3 Å². The lowest BCUT2D eigenvalue weighted by Gasteiger charge is -2.21. The fourth-order valence-electron chi connectivity index (χ4n) is 4.67. The van der Waals surface area contributed by atoms with Crippen LogP contribution in [-0.4, -0.2) is 39.9 Å². The van der Waals surface area contributed by atoms with Gasteiger partial charge >= 0.3 is 0 Å². The lowest BCUT2D eigenvalue weighted by molar-refractivity contribution is -0.138. The zero-order chi connectivity index (χ0) is 23.3. The van der Waals surface area contributed by atoms with Gasteiger partial charge in [0.25, 0.3) is 0 Å². The first-order chi connectivity index (χ1) is 15.7. The minimum atomic E-state index is -0.111. The van der Waals surface area contributed by atoms with Crippen LogP contribution in [0, 0.1) is 6.92 Å². The molecule has 2 aliphatic rings. The molecule has 1 unspecified atom stereocenters. The Morgan fingerprint density at radius 1 is 1.21 bits per heavy atom. The highest BCUT2D eigenvalue weighted by Crippen LogP contribution is 2.42. The summed E-state index contributed by atoms with van der Waals surface area (Å²) in [6.07, 6.45) is 3.36. The second-order valence-corrected chi connectivity index (χ2v) is 11.0. The number of amides is 2. The normalized spacial score (nSPS) is 20.2. The predicted octanol–water partition coefficient (Wildman–Crippen LogP) is 5.09. The third-order valence-electron chi connectivity index (χ3n) is 6.29. The van der Waals surface area contributed by atoms with Gasteiger partial charge in [0.05, 0.1) is 16.8 Å². The maximum Gasteiger partial charge on any atom is 0.230 e. The Labute approximate surface area is 201 Å². The number of hydrogen-bond donors (Lipinski definition) is 1. The monoisotopic (exact) mass is 483 g/mol. The Morgan fingerprint density at radius 3 is 2.67 bits per heavy atom. The molecule has 4 heterocycles. The fourth-order valence-corrected chi connectivity index (χ4v) is 6.08. The molecule has 8 heteroatoms. The highest BCUT2D eigenvalue weighted by atomic mass is 35.5. The molecule has 2 aromatic heterocycles. The Balaban J connectivity index is 1.54. The largest absolute Gasteiger partial charge is 0.488 e. The highest BCUT2D eigenvalue weighted by Gasteiger charge is 2.33. The summed E-state index contributed by atoms with van der Waals surface area (Å²) >= 11 is 8.03. The third-order valence-corrected chi connectivity index (χ3v) is 7.65. The summed E-state index contributed by atoms with van der Waals surface area (Å²) in [7, 11) is 0. The van der Waals surface area contributed by atoms with Gasteiger partial charge in [-0.25, -0.2) is 0 Å². The predicted molar refractivity (Wildman–Crippen MR) is 131 cm³/mol. The molecule has 2 saturated heterocycles. The molecule has 1 aromatic carbocycles. The van der Waals surface area contributed by atoms with Gasteiger partial charge in [-0.2, -0.15) is 0 Å². The van der Waals surface area contributed by atoms with E-state index in [9.17, 15) is 9.59 Å². The summed E-state index contributed by atoms with van der Waals surface area (Å²) in [5.74, 6) is 0.607. The van der Waals surface area contributed by atoms with Gasteiger partial charge in [-0.1, -0.05) is 11.6 Å². The molecule has 172 valence electrons. The van der Waals surface area contributed by atoms with E-state index in [1.54, 1.807) is 17.5 Å². The molecule has 0 spiro atoms. The van der Waals surface area contributed by atoms with Gasteiger partial charge < -0.3 is 10.1 Å². The first-order valence-corrected chi connectivity index (χ1v) is 12.3. The van der Waals surface area contributed by atoms with Crippen molar-refractivity contribution in [1.29, 1.82) is 0 Å². The van der Waals surface area contributed by atoms with E-state index in [1.807, 2.05) is 31.2 Å². The molecule has 2 fully saturated rings. The Kier molecular flexibility index (Phi) is 5.67. The van der Waals surface area contributed by atoms with Gasteiger partial charge in [-0.05, 0) is 50.6 Å². The zero-order valence-corrected chi connectivity index (χ0v) is 20.5. The second-order valence-electron chi connectivity index (χ2n) is 9.47. The van der Waals surface area contributed by atoms with Crippen LogP contribution in [0.15, 0.2) is 30.5 Å². The number of nitrogens with zero attached hydrogens (tertiary/aromatic N) is 2. The number of hydrogen-bond acceptors (Lipinski definition) is 6. The molecular weight excluding hydrogens is 458 g/mol. The number of likely N-dealkylation sites (tertiary alicyclic amines) is 1. The van der Waals surface area contributed by atoms with Crippen molar-refractivity contribution in [3.8, 4) is 16.9 Å². The zero-order valence-electron chi connectivity index (χ0n) is 18.9. The molecule has 1 atom stereocenters. The van der Waals surface area contributed by atoms with Gasteiger partial charge in [0.15, 0.2) is 0 Å². The number of carbonyl (C=O) groups is 2. The van der Waals surface area contributed by atoms with Gasteiger partial charge in [0.1, 0.15) is 11.9 Å².